The van der Waals surface area contributed by atoms with Crippen molar-refractivity contribution in [2.75, 3.05) is 11.4 Å². The summed E-state index contributed by atoms with van der Waals surface area (Å²) in [6.07, 6.45) is 6.29. The molecule has 2 aliphatic rings. The van der Waals surface area contributed by atoms with Crippen LogP contribution in [0.5, 0.6) is 0 Å². The van der Waals surface area contributed by atoms with Gasteiger partial charge in [0.15, 0.2) is 0 Å². The first-order valence-corrected chi connectivity index (χ1v) is 9.87. The molecule has 1 saturated heterocycles. The van der Waals surface area contributed by atoms with Gasteiger partial charge in [-0.3, -0.25) is 0 Å². The van der Waals surface area contributed by atoms with E-state index in [2.05, 4.69) is 47.4 Å². The van der Waals surface area contributed by atoms with Crippen molar-refractivity contribution in [3.63, 3.8) is 0 Å². The van der Waals surface area contributed by atoms with E-state index < -0.39 is 11.7 Å². The quantitative estimate of drug-likeness (QED) is 0.589. The van der Waals surface area contributed by atoms with Crippen molar-refractivity contribution in [1.82, 2.24) is 0 Å². The van der Waals surface area contributed by atoms with E-state index in [1.807, 2.05) is 6.07 Å². The number of alkyl halides is 3. The maximum atomic E-state index is 12.9. The lowest BCUT2D eigenvalue weighted by molar-refractivity contribution is -0.137. The number of hydrogen-bond donors (Lipinski definition) is 0. The monoisotopic (exact) mass is 383 g/mol. The predicted octanol–water partition coefficient (Wildman–Crippen LogP) is 6.42. The number of nitrogens with zero attached hydrogens (tertiary/aromatic N) is 1. The van der Waals surface area contributed by atoms with E-state index in [1.54, 1.807) is 12.1 Å². The second-order valence-corrected chi connectivity index (χ2v) is 7.59. The average molecular weight is 383 g/mol. The van der Waals surface area contributed by atoms with Crippen LogP contribution in [0.1, 0.15) is 30.4 Å². The number of rotatable bonds is 4. The molecule has 2 unspecified atom stereocenters. The Kier molecular flexibility index (Phi) is 5.29. The molecule has 0 N–H and O–H groups in total. The minimum absolute atomic E-state index is 0.223. The van der Waals surface area contributed by atoms with Crippen LogP contribution >= 0.6 is 0 Å². The molecule has 28 heavy (non-hydrogen) atoms. The fourth-order valence-electron chi connectivity index (χ4n) is 4.41. The molecule has 0 spiro atoms. The van der Waals surface area contributed by atoms with Crippen LogP contribution in [0.3, 0.4) is 0 Å². The van der Waals surface area contributed by atoms with E-state index in [0.29, 0.717) is 5.92 Å². The highest BCUT2D eigenvalue weighted by Gasteiger charge is 2.34. The molecule has 4 rings (SSSR count). The highest BCUT2D eigenvalue weighted by molar-refractivity contribution is 5.53. The van der Waals surface area contributed by atoms with Gasteiger partial charge in [-0.1, -0.05) is 48.6 Å². The van der Waals surface area contributed by atoms with Crippen molar-refractivity contribution in [3.8, 4) is 0 Å². The largest absolute Gasteiger partial charge is 0.416 e. The Bertz CT molecular complexity index is 850. The zero-order valence-corrected chi connectivity index (χ0v) is 15.7. The van der Waals surface area contributed by atoms with Crippen molar-refractivity contribution in [2.45, 2.75) is 37.9 Å². The van der Waals surface area contributed by atoms with Crippen LogP contribution in [0.4, 0.5) is 18.9 Å². The van der Waals surface area contributed by atoms with Gasteiger partial charge in [-0.15, -0.1) is 0 Å². The van der Waals surface area contributed by atoms with E-state index in [-0.39, 0.29) is 6.04 Å². The van der Waals surface area contributed by atoms with E-state index >= 15 is 0 Å². The molecule has 2 aromatic carbocycles. The SMILES string of the molecule is FC(F)(F)c1ccc(N2CCC3CC=CC=C3C2CCc2ccccc2)cc1. The lowest BCUT2D eigenvalue weighted by atomic mass is 9.78. The zero-order valence-electron chi connectivity index (χ0n) is 15.7. The van der Waals surface area contributed by atoms with Gasteiger partial charge in [0, 0.05) is 12.2 Å². The van der Waals surface area contributed by atoms with E-state index in [9.17, 15) is 13.2 Å². The van der Waals surface area contributed by atoms with Crippen molar-refractivity contribution >= 4 is 5.69 Å². The number of anilines is 1. The Morgan fingerprint density at radius 3 is 2.43 bits per heavy atom. The molecular weight excluding hydrogens is 359 g/mol. The van der Waals surface area contributed by atoms with Gasteiger partial charge in [-0.25, -0.2) is 0 Å². The van der Waals surface area contributed by atoms with Crippen LogP contribution in [0.2, 0.25) is 0 Å². The molecular formula is C24H24F3N. The summed E-state index contributed by atoms with van der Waals surface area (Å²) in [7, 11) is 0. The molecule has 0 saturated carbocycles. The minimum Gasteiger partial charge on any atom is -0.365 e. The second kappa shape index (κ2) is 7.86. The number of piperidine rings is 1. The zero-order chi connectivity index (χ0) is 19.6. The Labute approximate surface area is 164 Å². The third-order valence-corrected chi connectivity index (χ3v) is 5.87. The number of benzene rings is 2. The molecule has 0 radical (unpaired) electrons. The highest BCUT2D eigenvalue weighted by Crippen LogP contribution is 2.39. The molecule has 1 nitrogen and oxygen atoms in total. The summed E-state index contributed by atoms with van der Waals surface area (Å²) in [5.74, 6) is 0.552. The third kappa shape index (κ3) is 4.01. The summed E-state index contributed by atoms with van der Waals surface area (Å²) >= 11 is 0. The number of fused-ring (bicyclic) bond motifs is 1. The first-order chi connectivity index (χ1) is 13.5. The van der Waals surface area contributed by atoms with Crippen LogP contribution in [0.25, 0.3) is 0 Å². The van der Waals surface area contributed by atoms with Gasteiger partial charge in [-0.05, 0) is 67.0 Å². The third-order valence-electron chi connectivity index (χ3n) is 5.87. The Morgan fingerprint density at radius 2 is 1.71 bits per heavy atom. The smallest absolute Gasteiger partial charge is 0.365 e. The van der Waals surface area contributed by atoms with Gasteiger partial charge in [0.05, 0.1) is 11.6 Å². The summed E-state index contributed by atoms with van der Waals surface area (Å²) in [4.78, 5) is 2.30. The van der Waals surface area contributed by atoms with Crippen LogP contribution in [0.15, 0.2) is 78.4 Å². The van der Waals surface area contributed by atoms with Crippen LogP contribution in [0, 0.1) is 5.92 Å². The topological polar surface area (TPSA) is 3.24 Å². The fourth-order valence-corrected chi connectivity index (χ4v) is 4.41. The maximum absolute atomic E-state index is 12.9. The molecule has 1 fully saturated rings. The molecule has 1 aliphatic carbocycles. The van der Waals surface area contributed by atoms with Crippen molar-refractivity contribution in [3.05, 3.63) is 89.5 Å². The van der Waals surface area contributed by atoms with Crippen molar-refractivity contribution in [1.29, 1.82) is 0 Å². The average Bonchev–Trinajstić information content (AvgIpc) is 2.72. The highest BCUT2D eigenvalue weighted by atomic mass is 19.4. The number of halogens is 3. The second-order valence-electron chi connectivity index (χ2n) is 7.59. The predicted molar refractivity (Wildman–Crippen MR) is 107 cm³/mol. The molecule has 1 aliphatic heterocycles. The molecule has 2 aromatic rings. The van der Waals surface area contributed by atoms with Gasteiger partial charge in [-0.2, -0.15) is 13.2 Å². The Morgan fingerprint density at radius 1 is 0.964 bits per heavy atom. The summed E-state index contributed by atoms with van der Waals surface area (Å²) in [6, 6.07) is 16.3. The molecule has 146 valence electrons. The van der Waals surface area contributed by atoms with Gasteiger partial charge < -0.3 is 4.90 Å². The van der Waals surface area contributed by atoms with E-state index in [4.69, 9.17) is 0 Å². The van der Waals surface area contributed by atoms with E-state index in [1.165, 1.54) is 23.3 Å². The molecule has 2 atom stereocenters. The van der Waals surface area contributed by atoms with Crippen molar-refractivity contribution < 1.29 is 13.2 Å². The molecule has 0 bridgehead atoms. The van der Waals surface area contributed by atoms with Gasteiger partial charge in [0.2, 0.25) is 0 Å². The number of allylic oxidation sites excluding steroid dienone is 3. The molecule has 0 aromatic heterocycles. The van der Waals surface area contributed by atoms with Gasteiger partial charge in [0.1, 0.15) is 0 Å². The summed E-state index contributed by atoms with van der Waals surface area (Å²) in [5.41, 5.74) is 3.00. The number of aryl methyl sites for hydroxylation is 1. The summed E-state index contributed by atoms with van der Waals surface area (Å²) < 4.78 is 38.8. The maximum Gasteiger partial charge on any atom is 0.416 e. The Hall–Kier alpha value is -2.49. The van der Waals surface area contributed by atoms with Crippen LogP contribution in [-0.2, 0) is 12.6 Å². The first kappa shape index (κ1) is 18.9. The van der Waals surface area contributed by atoms with Gasteiger partial charge >= 0.3 is 6.18 Å². The van der Waals surface area contributed by atoms with Crippen LogP contribution < -0.4 is 4.90 Å². The number of hydrogen-bond acceptors (Lipinski definition) is 1. The standard InChI is InChI=1S/C24H24F3N/c25-24(26,27)20-11-13-21(14-12-20)28-17-16-19-8-4-5-9-22(19)23(28)15-10-18-6-2-1-3-7-18/h1-7,9,11-14,19,23H,8,10,15-17H2. The van der Waals surface area contributed by atoms with Crippen molar-refractivity contribution in [2.24, 2.45) is 5.92 Å². The lowest BCUT2D eigenvalue weighted by Gasteiger charge is -2.44. The molecule has 0 amide bonds. The summed E-state index contributed by atoms with van der Waals surface area (Å²) in [5, 5.41) is 0. The normalized spacial score (nSPS) is 22.0. The first-order valence-electron chi connectivity index (χ1n) is 9.87. The van der Waals surface area contributed by atoms with Gasteiger partial charge in [0.25, 0.3) is 0 Å². The minimum atomic E-state index is -4.30. The fraction of sp³-hybridized carbons (Fsp3) is 0.333. The molecule has 1 heterocycles. The van der Waals surface area contributed by atoms with E-state index in [0.717, 1.165) is 37.9 Å². The van der Waals surface area contributed by atoms with Crippen LogP contribution in [-0.4, -0.2) is 12.6 Å². The molecule has 4 heteroatoms. The Balaban J connectivity index is 1.60. The lowest BCUT2D eigenvalue weighted by Crippen LogP contribution is -2.45. The summed E-state index contributed by atoms with van der Waals surface area (Å²) in [6.45, 7) is 0.876.